The van der Waals surface area contributed by atoms with Crippen molar-refractivity contribution >= 4 is 15.9 Å². The van der Waals surface area contributed by atoms with Crippen molar-refractivity contribution in [2.24, 2.45) is 0 Å². The van der Waals surface area contributed by atoms with Gasteiger partial charge in [0, 0.05) is 18.4 Å². The van der Waals surface area contributed by atoms with Crippen LogP contribution < -0.4 is 0 Å². The molecule has 0 saturated carbocycles. The smallest absolute Gasteiger partial charge is 0.373 e. The highest BCUT2D eigenvalue weighted by molar-refractivity contribution is 9.09. The molecule has 18 heavy (non-hydrogen) atoms. The molecule has 0 bridgehead atoms. The Bertz CT molecular complexity index is 365. The maximum Gasteiger partial charge on any atom is 0.389 e. The molecule has 1 aromatic rings. The molecule has 1 nitrogen and oxygen atoms in total. The van der Waals surface area contributed by atoms with E-state index in [1.165, 1.54) is 0 Å². The van der Waals surface area contributed by atoms with E-state index >= 15 is 0 Å². The average Bonchev–Trinajstić information content (AvgIpc) is 2.27. The second-order valence-corrected chi connectivity index (χ2v) is 4.79. The molecule has 0 spiro atoms. The maximum absolute atomic E-state index is 12.0. The SMILES string of the molecule is Cc1cccc(C(CBr)OCCCC(F)(F)F)c1. The first kappa shape index (κ1) is 15.5. The lowest BCUT2D eigenvalue weighted by molar-refractivity contribution is -0.138. The van der Waals surface area contributed by atoms with Crippen molar-refractivity contribution in [1.29, 1.82) is 0 Å². The van der Waals surface area contributed by atoms with E-state index in [1.807, 2.05) is 31.2 Å². The number of halogens is 4. The summed E-state index contributed by atoms with van der Waals surface area (Å²) in [7, 11) is 0. The molecule has 0 aliphatic rings. The van der Waals surface area contributed by atoms with Crippen LogP contribution in [0.3, 0.4) is 0 Å². The van der Waals surface area contributed by atoms with E-state index in [4.69, 9.17) is 4.74 Å². The minimum atomic E-state index is -4.10. The van der Waals surface area contributed by atoms with Gasteiger partial charge in [0.25, 0.3) is 0 Å². The van der Waals surface area contributed by atoms with Crippen LogP contribution in [0.1, 0.15) is 30.1 Å². The van der Waals surface area contributed by atoms with Crippen LogP contribution >= 0.6 is 15.9 Å². The molecule has 0 fully saturated rings. The monoisotopic (exact) mass is 324 g/mol. The second-order valence-electron chi connectivity index (χ2n) is 4.15. The van der Waals surface area contributed by atoms with E-state index in [1.54, 1.807) is 0 Å². The third-order valence-electron chi connectivity index (χ3n) is 2.48. The predicted molar refractivity (Wildman–Crippen MR) is 69.0 cm³/mol. The molecule has 0 saturated heterocycles. The van der Waals surface area contributed by atoms with Crippen LogP contribution in [0.15, 0.2) is 24.3 Å². The maximum atomic E-state index is 12.0. The minimum absolute atomic E-state index is 0.00117. The fourth-order valence-electron chi connectivity index (χ4n) is 1.60. The molecule has 0 aliphatic carbocycles. The first-order valence-corrected chi connectivity index (χ1v) is 6.85. The largest absolute Gasteiger partial charge is 0.389 e. The van der Waals surface area contributed by atoms with Gasteiger partial charge in [0.05, 0.1) is 6.10 Å². The summed E-state index contributed by atoms with van der Waals surface area (Å²) in [6.07, 6.45) is -5.09. The van der Waals surface area contributed by atoms with Gasteiger partial charge in [0.1, 0.15) is 0 Å². The molecule has 0 N–H and O–H groups in total. The lowest BCUT2D eigenvalue weighted by Gasteiger charge is -2.16. The van der Waals surface area contributed by atoms with Gasteiger partial charge in [-0.15, -0.1) is 0 Å². The molecule has 1 rings (SSSR count). The average molecular weight is 325 g/mol. The van der Waals surface area contributed by atoms with E-state index < -0.39 is 12.6 Å². The van der Waals surface area contributed by atoms with Gasteiger partial charge in [0.2, 0.25) is 0 Å². The summed E-state index contributed by atoms with van der Waals surface area (Å²) in [5.74, 6) is 0. The summed E-state index contributed by atoms with van der Waals surface area (Å²) < 4.78 is 41.4. The molecule has 0 aromatic heterocycles. The zero-order valence-corrected chi connectivity index (χ0v) is 11.7. The van der Waals surface area contributed by atoms with Gasteiger partial charge in [-0.1, -0.05) is 45.8 Å². The molecule has 1 unspecified atom stereocenters. The number of aryl methyl sites for hydroxylation is 1. The molecule has 1 aromatic carbocycles. The number of benzene rings is 1. The van der Waals surface area contributed by atoms with Crippen molar-refractivity contribution in [3.8, 4) is 0 Å². The van der Waals surface area contributed by atoms with E-state index in [0.29, 0.717) is 5.33 Å². The highest BCUT2D eigenvalue weighted by atomic mass is 79.9. The first-order valence-electron chi connectivity index (χ1n) is 5.73. The number of ether oxygens (including phenoxy) is 1. The first-order chi connectivity index (χ1) is 8.42. The Balaban J connectivity index is 2.43. The second kappa shape index (κ2) is 7.14. The van der Waals surface area contributed by atoms with Crippen molar-refractivity contribution in [1.82, 2.24) is 0 Å². The number of rotatable bonds is 6. The Morgan fingerprint density at radius 2 is 2.06 bits per heavy atom. The number of alkyl halides is 4. The van der Waals surface area contributed by atoms with Gasteiger partial charge < -0.3 is 4.74 Å². The summed E-state index contributed by atoms with van der Waals surface area (Å²) in [6.45, 7) is 2.09. The van der Waals surface area contributed by atoms with Crippen molar-refractivity contribution in [2.75, 3.05) is 11.9 Å². The Morgan fingerprint density at radius 1 is 1.33 bits per heavy atom. The van der Waals surface area contributed by atoms with Gasteiger partial charge in [0.15, 0.2) is 0 Å². The zero-order chi connectivity index (χ0) is 13.6. The molecule has 0 aliphatic heterocycles. The van der Waals surface area contributed by atoms with Gasteiger partial charge in [-0.05, 0) is 18.9 Å². The fourth-order valence-corrected chi connectivity index (χ4v) is 2.16. The van der Waals surface area contributed by atoms with Crippen LogP contribution in [0.5, 0.6) is 0 Å². The minimum Gasteiger partial charge on any atom is -0.373 e. The summed E-state index contributed by atoms with van der Waals surface area (Å²) in [5.41, 5.74) is 2.09. The van der Waals surface area contributed by atoms with Crippen LogP contribution in [0.2, 0.25) is 0 Å². The molecule has 1 atom stereocenters. The highest BCUT2D eigenvalue weighted by Gasteiger charge is 2.26. The molecule has 0 radical (unpaired) electrons. The Hall–Kier alpha value is -0.550. The molecule has 102 valence electrons. The number of hydrogen-bond donors (Lipinski definition) is 0. The third kappa shape index (κ3) is 5.87. The highest BCUT2D eigenvalue weighted by Crippen LogP contribution is 2.24. The van der Waals surface area contributed by atoms with E-state index in [2.05, 4.69) is 15.9 Å². The van der Waals surface area contributed by atoms with Crippen molar-refractivity contribution in [2.45, 2.75) is 32.0 Å². The van der Waals surface area contributed by atoms with Crippen LogP contribution in [-0.2, 0) is 4.74 Å². The summed E-state index contributed by atoms with van der Waals surface area (Å²) in [5, 5.41) is 0.572. The summed E-state index contributed by atoms with van der Waals surface area (Å²) >= 11 is 3.32. The van der Waals surface area contributed by atoms with Crippen molar-refractivity contribution in [3.63, 3.8) is 0 Å². The lowest BCUT2D eigenvalue weighted by Crippen LogP contribution is -2.11. The summed E-state index contributed by atoms with van der Waals surface area (Å²) in [6, 6.07) is 7.79. The topological polar surface area (TPSA) is 9.23 Å². The third-order valence-corrected chi connectivity index (χ3v) is 3.07. The molecule has 0 amide bonds. The Labute approximate surface area is 113 Å². The molecule has 5 heteroatoms. The van der Waals surface area contributed by atoms with E-state index in [-0.39, 0.29) is 19.1 Å². The van der Waals surface area contributed by atoms with Gasteiger partial charge in [-0.25, -0.2) is 0 Å². The van der Waals surface area contributed by atoms with Crippen LogP contribution in [0, 0.1) is 6.92 Å². The Kier molecular flexibility index (Phi) is 6.15. The lowest BCUT2D eigenvalue weighted by atomic mass is 10.1. The van der Waals surface area contributed by atoms with Gasteiger partial charge in [-0.2, -0.15) is 13.2 Å². The summed E-state index contributed by atoms with van der Waals surface area (Å²) in [4.78, 5) is 0. The molecular formula is C13H16BrF3O. The predicted octanol–water partition coefficient (Wildman–Crippen LogP) is 4.79. The van der Waals surface area contributed by atoms with Crippen molar-refractivity contribution < 1.29 is 17.9 Å². The standard InChI is InChI=1S/C13H16BrF3O/c1-10-4-2-5-11(8-10)12(9-14)18-7-3-6-13(15,16)17/h2,4-5,8,12H,3,6-7,9H2,1H3. The van der Waals surface area contributed by atoms with Crippen LogP contribution in [0.25, 0.3) is 0 Å². The quantitative estimate of drug-likeness (QED) is 0.540. The fraction of sp³-hybridized carbons (Fsp3) is 0.538. The Morgan fingerprint density at radius 3 is 2.61 bits per heavy atom. The van der Waals surface area contributed by atoms with Gasteiger partial charge in [-0.3, -0.25) is 0 Å². The van der Waals surface area contributed by atoms with E-state index in [0.717, 1.165) is 11.1 Å². The van der Waals surface area contributed by atoms with E-state index in [9.17, 15) is 13.2 Å². The van der Waals surface area contributed by atoms with Crippen molar-refractivity contribution in [3.05, 3.63) is 35.4 Å². The molecule has 0 heterocycles. The molecular weight excluding hydrogens is 309 g/mol. The normalized spacial score (nSPS) is 13.6. The number of hydrogen-bond acceptors (Lipinski definition) is 1. The van der Waals surface area contributed by atoms with Crippen LogP contribution in [-0.4, -0.2) is 18.1 Å². The van der Waals surface area contributed by atoms with Gasteiger partial charge >= 0.3 is 6.18 Å². The van der Waals surface area contributed by atoms with Crippen LogP contribution in [0.4, 0.5) is 13.2 Å². The zero-order valence-electron chi connectivity index (χ0n) is 10.1.